The molecule has 21 heavy (non-hydrogen) atoms. The van der Waals surface area contributed by atoms with Gasteiger partial charge in [0.1, 0.15) is 12.1 Å². The predicted molar refractivity (Wildman–Crippen MR) is 78.2 cm³/mol. The van der Waals surface area contributed by atoms with Crippen molar-refractivity contribution in [2.24, 2.45) is 0 Å². The minimum atomic E-state index is -1.03. The highest BCUT2D eigenvalue weighted by Gasteiger charge is 2.46. The summed E-state index contributed by atoms with van der Waals surface area (Å²) in [5.74, 6) is -0.836. The first-order chi connectivity index (χ1) is 9.78. The van der Waals surface area contributed by atoms with Crippen molar-refractivity contribution < 1.29 is 19.4 Å². The van der Waals surface area contributed by atoms with E-state index in [9.17, 15) is 9.59 Å². The molecule has 1 aromatic carbocycles. The molecule has 1 amide bonds. The summed E-state index contributed by atoms with van der Waals surface area (Å²) in [6.45, 7) is 4.98. The van der Waals surface area contributed by atoms with Gasteiger partial charge in [-0.2, -0.15) is 0 Å². The molecule has 5 nitrogen and oxygen atoms in total. The third kappa shape index (κ3) is 4.21. The number of ether oxygens (including phenoxy) is 1. The number of aliphatic carboxylic acids is 1. The van der Waals surface area contributed by atoms with Gasteiger partial charge >= 0.3 is 12.1 Å². The lowest BCUT2D eigenvalue weighted by Gasteiger charge is -2.26. The van der Waals surface area contributed by atoms with E-state index in [1.165, 1.54) is 4.90 Å². The van der Waals surface area contributed by atoms with E-state index in [-0.39, 0.29) is 18.5 Å². The monoisotopic (exact) mass is 291 g/mol. The second-order valence-electron chi connectivity index (χ2n) is 6.32. The van der Waals surface area contributed by atoms with Crippen molar-refractivity contribution in [2.75, 3.05) is 6.54 Å². The third-order valence-electron chi connectivity index (χ3n) is 3.32. The quantitative estimate of drug-likeness (QED) is 0.926. The summed E-state index contributed by atoms with van der Waals surface area (Å²) < 4.78 is 5.31. The van der Waals surface area contributed by atoms with Crippen LogP contribution in [0.1, 0.15) is 38.7 Å². The van der Waals surface area contributed by atoms with Crippen molar-refractivity contribution in [1.82, 2.24) is 4.90 Å². The molecule has 0 unspecified atom stereocenters. The van der Waals surface area contributed by atoms with Crippen LogP contribution in [0.15, 0.2) is 30.3 Å². The minimum absolute atomic E-state index is 0.0988. The van der Waals surface area contributed by atoms with Crippen molar-refractivity contribution in [3.63, 3.8) is 0 Å². The summed E-state index contributed by atoms with van der Waals surface area (Å²) in [6, 6.07) is 9.72. The van der Waals surface area contributed by atoms with E-state index in [4.69, 9.17) is 9.84 Å². The fraction of sp³-hybridized carbons (Fsp3) is 0.500. The first kappa shape index (κ1) is 15.4. The molecule has 1 fully saturated rings. The fourth-order valence-electron chi connectivity index (χ4n) is 2.37. The topological polar surface area (TPSA) is 66.8 Å². The number of carbonyl (C=O) groups is 2. The molecule has 0 heterocycles. The van der Waals surface area contributed by atoms with Gasteiger partial charge in [0.2, 0.25) is 0 Å². The van der Waals surface area contributed by atoms with Crippen molar-refractivity contribution in [3.8, 4) is 0 Å². The molecule has 0 aliphatic heterocycles. The predicted octanol–water partition coefficient (Wildman–Crippen LogP) is 2.86. The van der Waals surface area contributed by atoms with Gasteiger partial charge in [0.15, 0.2) is 0 Å². The van der Waals surface area contributed by atoms with Crippen LogP contribution in [0, 0.1) is 0 Å². The van der Waals surface area contributed by atoms with E-state index in [1.54, 1.807) is 20.8 Å². The number of carboxylic acids is 1. The summed E-state index contributed by atoms with van der Waals surface area (Å²) in [5, 5.41) is 9.02. The summed E-state index contributed by atoms with van der Waals surface area (Å²) in [7, 11) is 0. The number of nitrogens with zero attached hydrogens (tertiary/aromatic N) is 1. The summed E-state index contributed by atoms with van der Waals surface area (Å²) in [6.07, 6.45) is 0.213. The molecule has 0 spiro atoms. The molecule has 2 atom stereocenters. The zero-order chi connectivity index (χ0) is 15.6. The summed E-state index contributed by atoms with van der Waals surface area (Å²) >= 11 is 0. The maximum atomic E-state index is 12.2. The minimum Gasteiger partial charge on any atom is -0.480 e. The smallest absolute Gasteiger partial charge is 0.411 e. The Hall–Kier alpha value is -2.04. The number of rotatable bonds is 4. The molecule has 0 bridgehead atoms. The van der Waals surface area contributed by atoms with E-state index in [0.717, 1.165) is 12.0 Å². The van der Waals surface area contributed by atoms with Crippen LogP contribution in [-0.4, -0.2) is 40.3 Å². The average molecular weight is 291 g/mol. The van der Waals surface area contributed by atoms with E-state index in [2.05, 4.69) is 0 Å². The van der Waals surface area contributed by atoms with Crippen LogP contribution in [0.2, 0.25) is 0 Å². The lowest BCUT2D eigenvalue weighted by molar-refractivity contribution is -0.138. The highest BCUT2D eigenvalue weighted by Crippen LogP contribution is 2.44. The molecular formula is C16H21NO4. The number of hydrogen-bond donors (Lipinski definition) is 1. The molecule has 114 valence electrons. The van der Waals surface area contributed by atoms with Gasteiger partial charge in [-0.1, -0.05) is 30.3 Å². The second-order valence-corrected chi connectivity index (χ2v) is 6.32. The Labute approximate surface area is 124 Å². The molecule has 0 saturated heterocycles. The number of hydrogen-bond acceptors (Lipinski definition) is 3. The van der Waals surface area contributed by atoms with Crippen molar-refractivity contribution in [1.29, 1.82) is 0 Å². The molecule has 0 radical (unpaired) electrons. The number of benzene rings is 1. The van der Waals surface area contributed by atoms with E-state index < -0.39 is 17.7 Å². The van der Waals surface area contributed by atoms with E-state index in [1.807, 2.05) is 30.3 Å². The number of carbonyl (C=O) groups excluding carboxylic acids is 1. The van der Waals surface area contributed by atoms with Crippen LogP contribution in [0.3, 0.4) is 0 Å². The lowest BCUT2D eigenvalue weighted by atomic mass is 10.1. The Morgan fingerprint density at radius 2 is 1.90 bits per heavy atom. The number of carboxylic acid groups (broad SMARTS) is 1. The SMILES string of the molecule is CC(C)(C)OC(=O)N(CC(=O)O)[C@@H]1C[C@H]1c1ccccc1. The average Bonchev–Trinajstić information content (AvgIpc) is 3.14. The van der Waals surface area contributed by atoms with Gasteiger partial charge in [-0.15, -0.1) is 0 Å². The molecule has 5 heteroatoms. The molecule has 1 N–H and O–H groups in total. The van der Waals surface area contributed by atoms with Crippen molar-refractivity contribution in [3.05, 3.63) is 35.9 Å². The highest BCUT2D eigenvalue weighted by atomic mass is 16.6. The first-order valence-electron chi connectivity index (χ1n) is 7.04. The van der Waals surface area contributed by atoms with E-state index >= 15 is 0 Å². The molecule has 0 aromatic heterocycles. The van der Waals surface area contributed by atoms with Crippen LogP contribution in [0.25, 0.3) is 0 Å². The zero-order valence-corrected chi connectivity index (χ0v) is 12.6. The molecular weight excluding hydrogens is 270 g/mol. The van der Waals surface area contributed by atoms with Gasteiger partial charge in [-0.3, -0.25) is 9.69 Å². The summed E-state index contributed by atoms with van der Waals surface area (Å²) in [4.78, 5) is 24.5. The standard InChI is InChI=1S/C16H21NO4/c1-16(2,3)21-15(20)17(10-14(18)19)13-9-12(13)11-7-5-4-6-8-11/h4-8,12-13H,9-10H2,1-3H3,(H,18,19)/t12-,13+/m0/s1. The molecule has 2 rings (SSSR count). The third-order valence-corrected chi connectivity index (χ3v) is 3.32. The largest absolute Gasteiger partial charge is 0.480 e. The Kier molecular flexibility index (Phi) is 4.21. The Morgan fingerprint density at radius 3 is 2.43 bits per heavy atom. The highest BCUT2D eigenvalue weighted by molar-refractivity contribution is 5.77. The van der Waals surface area contributed by atoms with Gasteiger partial charge in [0.25, 0.3) is 0 Å². The Morgan fingerprint density at radius 1 is 1.29 bits per heavy atom. The molecule has 1 aromatic rings. The van der Waals surface area contributed by atoms with Crippen LogP contribution in [0.5, 0.6) is 0 Å². The van der Waals surface area contributed by atoms with Gasteiger partial charge in [0, 0.05) is 12.0 Å². The van der Waals surface area contributed by atoms with Gasteiger partial charge in [-0.25, -0.2) is 4.79 Å². The van der Waals surface area contributed by atoms with Crippen LogP contribution < -0.4 is 0 Å². The maximum absolute atomic E-state index is 12.2. The fourth-order valence-corrected chi connectivity index (χ4v) is 2.37. The normalized spacial score (nSPS) is 20.7. The first-order valence-corrected chi connectivity index (χ1v) is 7.04. The van der Waals surface area contributed by atoms with Crippen molar-refractivity contribution >= 4 is 12.1 Å². The molecule has 1 aliphatic rings. The van der Waals surface area contributed by atoms with Gasteiger partial charge in [-0.05, 0) is 32.8 Å². The Bertz CT molecular complexity index is 521. The zero-order valence-electron chi connectivity index (χ0n) is 12.6. The van der Waals surface area contributed by atoms with Crippen LogP contribution in [0.4, 0.5) is 4.79 Å². The van der Waals surface area contributed by atoms with Crippen molar-refractivity contribution in [2.45, 2.75) is 44.8 Å². The van der Waals surface area contributed by atoms with E-state index in [0.29, 0.717) is 0 Å². The molecule has 1 aliphatic carbocycles. The van der Waals surface area contributed by atoms with Gasteiger partial charge < -0.3 is 9.84 Å². The molecule has 1 saturated carbocycles. The van der Waals surface area contributed by atoms with Gasteiger partial charge in [0.05, 0.1) is 0 Å². The second kappa shape index (κ2) is 5.76. The number of amides is 1. The maximum Gasteiger partial charge on any atom is 0.411 e. The summed E-state index contributed by atoms with van der Waals surface area (Å²) in [5.41, 5.74) is 0.492. The van der Waals surface area contributed by atoms with Crippen LogP contribution in [-0.2, 0) is 9.53 Å². The lowest BCUT2D eigenvalue weighted by Crippen LogP contribution is -2.41. The van der Waals surface area contributed by atoms with Crippen LogP contribution >= 0.6 is 0 Å². The Balaban J connectivity index is 2.08.